The summed E-state index contributed by atoms with van der Waals surface area (Å²) in [5.74, 6) is -0.120. The van der Waals surface area contributed by atoms with Crippen molar-refractivity contribution in [3.05, 3.63) is 23.2 Å². The van der Waals surface area contributed by atoms with Gasteiger partial charge in [0.05, 0.1) is 16.0 Å². The van der Waals surface area contributed by atoms with Gasteiger partial charge in [0.15, 0.2) is 0 Å². The van der Waals surface area contributed by atoms with Crippen LogP contribution in [-0.2, 0) is 19.6 Å². The van der Waals surface area contributed by atoms with Gasteiger partial charge < -0.3 is 5.11 Å². The summed E-state index contributed by atoms with van der Waals surface area (Å²) >= 11 is 6.19. The van der Waals surface area contributed by atoms with E-state index in [1.165, 1.54) is 18.2 Å². The number of nitrogens with zero attached hydrogens (tertiary/aromatic N) is 1. The van der Waals surface area contributed by atoms with Gasteiger partial charge in [0.2, 0.25) is 10.0 Å². The molecule has 0 heterocycles. The molecule has 1 unspecified atom stereocenters. The lowest BCUT2D eigenvalue weighted by Crippen LogP contribution is -2.52. The zero-order valence-electron chi connectivity index (χ0n) is 15.2. The SMILES string of the molecule is C#CC(=O)N(c1ccc(NS(=O)(=O)C2CC2)c(Cl)c1)C(C(=O)O)C(C)(C)C. The minimum absolute atomic E-state index is 0.0320. The van der Waals surface area contributed by atoms with Crippen molar-refractivity contribution in [3.8, 4) is 12.3 Å². The molecule has 1 atom stereocenters. The van der Waals surface area contributed by atoms with Gasteiger partial charge in [-0.3, -0.25) is 14.4 Å². The summed E-state index contributed by atoms with van der Waals surface area (Å²) in [4.78, 5) is 25.1. The number of carbonyl (C=O) groups is 2. The molecule has 146 valence electrons. The number of rotatable bonds is 6. The van der Waals surface area contributed by atoms with E-state index in [2.05, 4.69) is 4.72 Å². The molecule has 2 N–H and O–H groups in total. The van der Waals surface area contributed by atoms with Crippen LogP contribution in [0.2, 0.25) is 5.02 Å². The van der Waals surface area contributed by atoms with Gasteiger partial charge in [0.25, 0.3) is 0 Å². The molecule has 0 radical (unpaired) electrons. The normalized spacial score (nSPS) is 15.5. The van der Waals surface area contributed by atoms with Crippen molar-refractivity contribution >= 4 is 44.9 Å². The average molecular weight is 413 g/mol. The molecule has 7 nitrogen and oxygen atoms in total. The molecule has 0 aliphatic heterocycles. The van der Waals surface area contributed by atoms with Gasteiger partial charge in [-0.2, -0.15) is 0 Å². The molecule has 1 aliphatic carbocycles. The van der Waals surface area contributed by atoms with Crippen LogP contribution in [0.15, 0.2) is 18.2 Å². The number of carboxylic acids is 1. The summed E-state index contributed by atoms with van der Waals surface area (Å²) in [6, 6.07) is 2.87. The molecule has 1 aromatic rings. The fourth-order valence-electron chi connectivity index (χ4n) is 2.67. The van der Waals surface area contributed by atoms with Crippen LogP contribution in [0.25, 0.3) is 0 Å². The molecule has 27 heavy (non-hydrogen) atoms. The van der Waals surface area contributed by atoms with Gasteiger partial charge in [-0.15, -0.1) is 6.42 Å². The molecule has 2 rings (SSSR count). The summed E-state index contributed by atoms with van der Waals surface area (Å²) < 4.78 is 26.6. The Balaban J connectivity index is 2.45. The van der Waals surface area contributed by atoms with Gasteiger partial charge in [-0.1, -0.05) is 32.4 Å². The number of anilines is 2. The van der Waals surface area contributed by atoms with Crippen LogP contribution >= 0.6 is 11.6 Å². The van der Waals surface area contributed by atoms with E-state index in [1.807, 2.05) is 5.92 Å². The number of aliphatic carboxylic acids is 1. The Hall–Kier alpha value is -2.24. The number of benzene rings is 1. The van der Waals surface area contributed by atoms with E-state index in [4.69, 9.17) is 18.0 Å². The van der Waals surface area contributed by atoms with Crippen molar-refractivity contribution in [2.24, 2.45) is 5.41 Å². The molecule has 1 aromatic carbocycles. The Kier molecular flexibility index (Phi) is 5.78. The fourth-order valence-corrected chi connectivity index (χ4v) is 4.36. The van der Waals surface area contributed by atoms with Crippen molar-refractivity contribution < 1.29 is 23.1 Å². The molecule has 1 fully saturated rings. The number of amides is 1. The monoisotopic (exact) mass is 412 g/mol. The summed E-state index contributed by atoms with van der Waals surface area (Å²) in [7, 11) is -3.51. The molecule has 0 spiro atoms. The van der Waals surface area contributed by atoms with Crippen molar-refractivity contribution in [3.63, 3.8) is 0 Å². The zero-order chi connectivity index (χ0) is 20.6. The molecule has 1 aliphatic rings. The number of terminal acetylenes is 1. The van der Waals surface area contributed by atoms with E-state index in [9.17, 15) is 23.1 Å². The lowest BCUT2D eigenvalue weighted by atomic mass is 9.85. The molecule has 0 saturated heterocycles. The summed E-state index contributed by atoms with van der Waals surface area (Å²) in [5, 5.41) is 9.25. The highest BCUT2D eigenvalue weighted by molar-refractivity contribution is 7.93. The molecule has 0 bridgehead atoms. The number of carboxylic acid groups (broad SMARTS) is 1. The molecular formula is C18H21ClN2O5S. The first-order valence-corrected chi connectivity index (χ1v) is 10.1. The lowest BCUT2D eigenvalue weighted by molar-refractivity contribution is -0.142. The highest BCUT2D eigenvalue weighted by Gasteiger charge is 2.40. The van der Waals surface area contributed by atoms with Gasteiger partial charge in [0, 0.05) is 5.69 Å². The van der Waals surface area contributed by atoms with Gasteiger partial charge in [-0.25, -0.2) is 13.2 Å². The van der Waals surface area contributed by atoms with E-state index in [1.54, 1.807) is 20.8 Å². The highest BCUT2D eigenvalue weighted by Crippen LogP contribution is 2.35. The Labute approximate surface area is 163 Å². The lowest BCUT2D eigenvalue weighted by Gasteiger charge is -2.36. The van der Waals surface area contributed by atoms with Crippen molar-refractivity contribution in [2.45, 2.75) is 44.9 Å². The fraction of sp³-hybridized carbons (Fsp3) is 0.444. The van der Waals surface area contributed by atoms with Crippen LogP contribution in [-0.4, -0.2) is 36.7 Å². The van der Waals surface area contributed by atoms with Crippen LogP contribution in [0, 0.1) is 17.8 Å². The van der Waals surface area contributed by atoms with E-state index < -0.39 is 38.6 Å². The van der Waals surface area contributed by atoms with Crippen LogP contribution in [0.1, 0.15) is 33.6 Å². The van der Waals surface area contributed by atoms with Gasteiger partial charge in [-0.05, 0) is 42.4 Å². The van der Waals surface area contributed by atoms with Crippen LogP contribution in [0.3, 0.4) is 0 Å². The van der Waals surface area contributed by atoms with Crippen molar-refractivity contribution in [2.75, 3.05) is 9.62 Å². The molecule has 0 aromatic heterocycles. The van der Waals surface area contributed by atoms with E-state index in [-0.39, 0.29) is 16.4 Å². The highest BCUT2D eigenvalue weighted by atomic mass is 35.5. The summed E-state index contributed by atoms with van der Waals surface area (Å²) in [6.07, 6.45) is 6.42. The predicted molar refractivity (Wildman–Crippen MR) is 104 cm³/mol. The van der Waals surface area contributed by atoms with Crippen LogP contribution in [0.5, 0.6) is 0 Å². The average Bonchev–Trinajstić information content (AvgIpc) is 3.37. The molecule has 1 saturated carbocycles. The Morgan fingerprint density at radius 1 is 1.37 bits per heavy atom. The number of hydrogen-bond acceptors (Lipinski definition) is 4. The summed E-state index contributed by atoms with van der Waals surface area (Å²) in [5.41, 5.74) is -0.500. The third-order valence-corrected chi connectivity index (χ3v) is 6.27. The second kappa shape index (κ2) is 7.41. The Morgan fingerprint density at radius 2 is 1.96 bits per heavy atom. The van der Waals surface area contributed by atoms with E-state index >= 15 is 0 Å². The maximum absolute atomic E-state index is 12.3. The largest absolute Gasteiger partial charge is 0.480 e. The standard InChI is InChI=1S/C18H21ClN2O5S/c1-5-15(22)21(16(17(23)24)18(2,3)4)11-6-9-14(13(19)10-11)20-27(25,26)12-7-8-12/h1,6,9-10,12,16,20H,7-8H2,2-4H3,(H,23,24). The molecular weight excluding hydrogens is 392 g/mol. The first kappa shape index (κ1) is 21.1. The third-order valence-electron chi connectivity index (χ3n) is 4.10. The summed E-state index contributed by atoms with van der Waals surface area (Å²) in [6.45, 7) is 5.01. The predicted octanol–water partition coefficient (Wildman–Crippen LogP) is 2.71. The van der Waals surface area contributed by atoms with E-state index in [0.29, 0.717) is 12.8 Å². The maximum Gasteiger partial charge on any atom is 0.327 e. The van der Waals surface area contributed by atoms with Crippen LogP contribution < -0.4 is 9.62 Å². The number of carbonyl (C=O) groups excluding carboxylic acids is 1. The number of halogens is 1. The van der Waals surface area contributed by atoms with Gasteiger partial charge in [0.1, 0.15) is 6.04 Å². The number of hydrogen-bond donors (Lipinski definition) is 2. The first-order valence-electron chi connectivity index (χ1n) is 8.22. The maximum atomic E-state index is 12.3. The van der Waals surface area contributed by atoms with Crippen LogP contribution in [0.4, 0.5) is 11.4 Å². The topological polar surface area (TPSA) is 104 Å². The van der Waals surface area contributed by atoms with Gasteiger partial charge >= 0.3 is 11.9 Å². The number of nitrogens with one attached hydrogen (secondary N) is 1. The zero-order valence-corrected chi connectivity index (χ0v) is 16.8. The number of sulfonamides is 1. The second-order valence-electron chi connectivity index (χ2n) is 7.44. The third kappa shape index (κ3) is 4.73. The Morgan fingerprint density at radius 3 is 2.37 bits per heavy atom. The van der Waals surface area contributed by atoms with E-state index in [0.717, 1.165) is 4.90 Å². The minimum atomic E-state index is -3.51. The molecule has 1 amide bonds. The molecule has 9 heteroatoms. The van der Waals surface area contributed by atoms with Crippen molar-refractivity contribution in [1.82, 2.24) is 0 Å². The second-order valence-corrected chi connectivity index (χ2v) is 9.80. The Bertz CT molecular complexity index is 911. The smallest absolute Gasteiger partial charge is 0.327 e. The minimum Gasteiger partial charge on any atom is -0.480 e. The van der Waals surface area contributed by atoms with Crippen molar-refractivity contribution in [1.29, 1.82) is 0 Å². The first-order chi connectivity index (χ1) is 12.4. The quantitative estimate of drug-likeness (QED) is 0.699.